The Balaban J connectivity index is 1.42. The molecule has 0 spiro atoms. The molecule has 0 atom stereocenters. The van der Waals surface area contributed by atoms with Gasteiger partial charge in [0, 0.05) is 18.8 Å². The zero-order valence-electron chi connectivity index (χ0n) is 19.8. The summed E-state index contributed by atoms with van der Waals surface area (Å²) >= 11 is 0. The van der Waals surface area contributed by atoms with E-state index >= 15 is 0 Å². The summed E-state index contributed by atoms with van der Waals surface area (Å²) in [6.07, 6.45) is 2.98. The number of anilines is 1. The number of hydrogen-bond acceptors (Lipinski definition) is 6. The van der Waals surface area contributed by atoms with E-state index in [0.717, 1.165) is 21.4 Å². The van der Waals surface area contributed by atoms with E-state index in [1.807, 2.05) is 43.3 Å². The molecule has 1 N–H and O–H groups in total. The molecule has 5 aromatic rings. The summed E-state index contributed by atoms with van der Waals surface area (Å²) in [6, 6.07) is 18.6. The third kappa shape index (κ3) is 4.43. The van der Waals surface area contributed by atoms with Gasteiger partial charge in [-0.05, 0) is 31.2 Å². The Bertz CT molecular complexity index is 1680. The Labute approximate surface area is 205 Å². The number of fused-ring (bicyclic) bond motifs is 1. The summed E-state index contributed by atoms with van der Waals surface area (Å²) in [5.41, 5.74) is 2.69. The lowest BCUT2D eigenvalue weighted by molar-refractivity contribution is -0.116. The Kier molecular flexibility index (Phi) is 5.99. The third-order valence-electron chi connectivity index (χ3n) is 5.83. The summed E-state index contributed by atoms with van der Waals surface area (Å²) in [7, 11) is 1.54. The Morgan fingerprint density at radius 3 is 2.53 bits per heavy atom. The largest absolute Gasteiger partial charge is 0.332 e. The van der Waals surface area contributed by atoms with Crippen LogP contribution in [0.4, 0.5) is 5.82 Å². The van der Waals surface area contributed by atoms with Gasteiger partial charge < -0.3 is 9.88 Å². The van der Waals surface area contributed by atoms with Crippen molar-refractivity contribution in [3.63, 3.8) is 0 Å². The van der Waals surface area contributed by atoms with E-state index in [1.54, 1.807) is 30.5 Å². The van der Waals surface area contributed by atoms with Gasteiger partial charge in [-0.1, -0.05) is 42.0 Å². The van der Waals surface area contributed by atoms with Crippen molar-refractivity contribution in [1.82, 2.24) is 28.7 Å². The van der Waals surface area contributed by atoms with Gasteiger partial charge in [0.05, 0.1) is 24.3 Å². The second kappa shape index (κ2) is 9.41. The minimum Gasteiger partial charge on any atom is -0.315 e. The van der Waals surface area contributed by atoms with Gasteiger partial charge in [0.1, 0.15) is 12.4 Å². The number of hydrogen-bond donors (Lipinski definition) is 1. The van der Waals surface area contributed by atoms with Gasteiger partial charge in [-0.15, -0.1) is 0 Å². The zero-order chi connectivity index (χ0) is 25.2. The highest BCUT2D eigenvalue weighted by Crippen LogP contribution is 2.19. The Morgan fingerprint density at radius 2 is 1.78 bits per heavy atom. The van der Waals surface area contributed by atoms with Crippen molar-refractivity contribution in [3.05, 3.63) is 105 Å². The van der Waals surface area contributed by atoms with Crippen molar-refractivity contribution >= 4 is 22.9 Å². The summed E-state index contributed by atoms with van der Waals surface area (Å²) in [5.74, 6) is 0.00911. The van der Waals surface area contributed by atoms with Gasteiger partial charge in [0.2, 0.25) is 5.91 Å². The Hall–Kier alpha value is -4.86. The monoisotopic (exact) mass is 481 g/mol. The molecule has 10 nitrogen and oxygen atoms in total. The number of nitrogens with zero attached hydrogens (tertiary/aromatic N) is 6. The molecule has 36 heavy (non-hydrogen) atoms. The van der Waals surface area contributed by atoms with Crippen molar-refractivity contribution in [2.75, 3.05) is 5.32 Å². The SMILES string of the molecule is Cc1ccc(-c2cccc(NC(=O)Cn3cnc4c3c(=O)n(Cc3ccccn3)c(=O)n4C)n2)cc1. The standard InChI is InChI=1S/C26H23N7O3/c1-17-9-11-18(12-10-17)20-7-5-8-21(29-20)30-22(34)15-32-16-28-24-23(32)25(35)33(26(36)31(24)2)14-19-6-3-4-13-27-19/h3-13,16H,14-15H2,1-2H3,(H,29,30,34). The molecule has 10 heteroatoms. The first kappa shape index (κ1) is 22.9. The van der Waals surface area contributed by atoms with Crippen LogP contribution in [0.2, 0.25) is 0 Å². The van der Waals surface area contributed by atoms with Gasteiger partial charge in [-0.25, -0.2) is 14.8 Å². The van der Waals surface area contributed by atoms with Gasteiger partial charge in [0.15, 0.2) is 11.2 Å². The van der Waals surface area contributed by atoms with Gasteiger partial charge in [0.25, 0.3) is 5.56 Å². The second-order valence-corrected chi connectivity index (χ2v) is 8.42. The van der Waals surface area contributed by atoms with Gasteiger partial charge in [-0.3, -0.25) is 23.7 Å². The number of carbonyl (C=O) groups excluding carboxylic acids is 1. The highest BCUT2D eigenvalue weighted by Gasteiger charge is 2.18. The molecule has 180 valence electrons. The van der Waals surface area contributed by atoms with Crippen LogP contribution in [0.1, 0.15) is 11.3 Å². The average molecular weight is 482 g/mol. The fraction of sp³-hybridized carbons (Fsp3) is 0.154. The fourth-order valence-electron chi connectivity index (χ4n) is 3.96. The van der Waals surface area contributed by atoms with E-state index < -0.39 is 11.2 Å². The van der Waals surface area contributed by atoms with E-state index in [2.05, 4.69) is 20.3 Å². The fourth-order valence-corrected chi connectivity index (χ4v) is 3.96. The van der Waals surface area contributed by atoms with Crippen molar-refractivity contribution in [1.29, 1.82) is 0 Å². The molecule has 0 aliphatic heterocycles. The summed E-state index contributed by atoms with van der Waals surface area (Å²) in [5, 5.41) is 2.78. The first-order valence-electron chi connectivity index (χ1n) is 11.3. The Morgan fingerprint density at radius 1 is 0.972 bits per heavy atom. The maximum Gasteiger partial charge on any atom is 0.332 e. The normalized spacial score (nSPS) is 11.1. The first-order valence-corrected chi connectivity index (χ1v) is 11.3. The molecule has 5 rings (SSSR count). The molecule has 0 radical (unpaired) electrons. The molecule has 0 unspecified atom stereocenters. The van der Waals surface area contributed by atoms with Crippen LogP contribution < -0.4 is 16.6 Å². The molecule has 0 aliphatic carbocycles. The van der Waals surface area contributed by atoms with E-state index in [9.17, 15) is 14.4 Å². The second-order valence-electron chi connectivity index (χ2n) is 8.42. The van der Waals surface area contributed by atoms with Crippen LogP contribution in [0.5, 0.6) is 0 Å². The molecule has 1 aromatic carbocycles. The van der Waals surface area contributed by atoms with E-state index in [-0.39, 0.29) is 30.2 Å². The third-order valence-corrected chi connectivity index (χ3v) is 5.83. The number of aryl methyl sites for hydroxylation is 2. The van der Waals surface area contributed by atoms with Crippen LogP contribution in [-0.4, -0.2) is 34.6 Å². The van der Waals surface area contributed by atoms with Gasteiger partial charge >= 0.3 is 5.69 Å². The zero-order valence-corrected chi connectivity index (χ0v) is 19.8. The predicted octanol–water partition coefficient (Wildman–Crippen LogP) is 2.35. The minimum absolute atomic E-state index is 0.00931. The van der Waals surface area contributed by atoms with E-state index in [1.165, 1.54) is 22.5 Å². The molecular formula is C26H23N7O3. The minimum atomic E-state index is -0.538. The summed E-state index contributed by atoms with van der Waals surface area (Å²) < 4.78 is 3.82. The maximum absolute atomic E-state index is 13.3. The molecule has 0 bridgehead atoms. The van der Waals surface area contributed by atoms with E-state index in [4.69, 9.17) is 0 Å². The van der Waals surface area contributed by atoms with Crippen LogP contribution in [0.3, 0.4) is 0 Å². The number of rotatable bonds is 6. The molecular weight excluding hydrogens is 458 g/mol. The number of amides is 1. The highest BCUT2D eigenvalue weighted by atomic mass is 16.2. The molecule has 0 fully saturated rings. The number of pyridine rings is 2. The number of imidazole rings is 1. The van der Waals surface area contributed by atoms with E-state index in [0.29, 0.717) is 11.5 Å². The van der Waals surface area contributed by atoms with Crippen molar-refractivity contribution in [2.45, 2.75) is 20.0 Å². The van der Waals surface area contributed by atoms with Crippen LogP contribution in [0.15, 0.2) is 82.8 Å². The molecule has 4 aromatic heterocycles. The molecule has 1 amide bonds. The lowest BCUT2D eigenvalue weighted by Gasteiger charge is -2.10. The van der Waals surface area contributed by atoms with Crippen LogP contribution in [-0.2, 0) is 24.9 Å². The van der Waals surface area contributed by atoms with Crippen LogP contribution in [0, 0.1) is 6.92 Å². The smallest absolute Gasteiger partial charge is 0.315 e. The number of aromatic nitrogens is 6. The lowest BCUT2D eigenvalue weighted by Crippen LogP contribution is -2.40. The summed E-state index contributed by atoms with van der Waals surface area (Å²) in [4.78, 5) is 51.9. The van der Waals surface area contributed by atoms with Crippen LogP contribution in [0.25, 0.3) is 22.4 Å². The molecule has 4 heterocycles. The molecule has 0 aliphatic rings. The quantitative estimate of drug-likeness (QED) is 0.398. The number of carbonyl (C=O) groups is 1. The summed E-state index contributed by atoms with van der Waals surface area (Å²) in [6.45, 7) is 1.85. The maximum atomic E-state index is 13.3. The average Bonchev–Trinajstić information content (AvgIpc) is 3.30. The number of nitrogens with one attached hydrogen (secondary N) is 1. The highest BCUT2D eigenvalue weighted by molar-refractivity contribution is 5.90. The van der Waals surface area contributed by atoms with Crippen molar-refractivity contribution < 1.29 is 4.79 Å². The first-order chi connectivity index (χ1) is 17.4. The lowest BCUT2D eigenvalue weighted by atomic mass is 10.1. The van der Waals surface area contributed by atoms with Gasteiger partial charge in [-0.2, -0.15) is 0 Å². The van der Waals surface area contributed by atoms with Crippen molar-refractivity contribution in [3.8, 4) is 11.3 Å². The predicted molar refractivity (Wildman–Crippen MR) is 136 cm³/mol. The topological polar surface area (TPSA) is 117 Å². The molecule has 0 saturated heterocycles. The van der Waals surface area contributed by atoms with Crippen LogP contribution >= 0.6 is 0 Å². The van der Waals surface area contributed by atoms with Crippen molar-refractivity contribution in [2.24, 2.45) is 7.05 Å². The molecule has 0 saturated carbocycles. The number of benzene rings is 1.